The van der Waals surface area contributed by atoms with Crippen molar-refractivity contribution >= 4 is 11.6 Å². The standard InChI is InChI=1S/C17H24FN3O/c1-12(2)8-21(9-13(3)4)17(22)7-15-11-20-10-14(18)5-6-16(20)19-15/h5-6,10-13H,7-9H2,1-4H3. The number of imidazole rings is 1. The first-order valence-electron chi connectivity index (χ1n) is 7.76. The van der Waals surface area contributed by atoms with E-state index in [9.17, 15) is 9.18 Å². The minimum absolute atomic E-state index is 0.0753. The van der Waals surface area contributed by atoms with Crippen LogP contribution in [0, 0.1) is 17.7 Å². The molecule has 2 aromatic rings. The average molecular weight is 305 g/mol. The molecular formula is C17H24FN3O. The number of carbonyl (C=O) groups excluding carboxylic acids is 1. The molecule has 0 unspecified atom stereocenters. The van der Waals surface area contributed by atoms with Gasteiger partial charge in [0.2, 0.25) is 5.91 Å². The largest absolute Gasteiger partial charge is 0.342 e. The lowest BCUT2D eigenvalue weighted by Crippen LogP contribution is -2.38. The van der Waals surface area contributed by atoms with E-state index in [-0.39, 0.29) is 18.1 Å². The zero-order valence-electron chi connectivity index (χ0n) is 13.7. The molecule has 2 rings (SSSR count). The first-order valence-corrected chi connectivity index (χ1v) is 7.76. The Balaban J connectivity index is 2.12. The fraction of sp³-hybridized carbons (Fsp3) is 0.529. The van der Waals surface area contributed by atoms with Crippen molar-refractivity contribution in [3.63, 3.8) is 0 Å². The van der Waals surface area contributed by atoms with Gasteiger partial charge in [0.05, 0.1) is 12.1 Å². The summed E-state index contributed by atoms with van der Waals surface area (Å²) in [4.78, 5) is 18.8. The number of halogens is 1. The van der Waals surface area contributed by atoms with Crippen molar-refractivity contribution in [1.82, 2.24) is 14.3 Å². The highest BCUT2D eigenvalue weighted by Gasteiger charge is 2.18. The highest BCUT2D eigenvalue weighted by Crippen LogP contribution is 2.11. The van der Waals surface area contributed by atoms with E-state index < -0.39 is 0 Å². The van der Waals surface area contributed by atoms with E-state index >= 15 is 0 Å². The molecule has 0 N–H and O–H groups in total. The smallest absolute Gasteiger partial charge is 0.228 e. The number of hydrogen-bond acceptors (Lipinski definition) is 2. The third-order valence-corrected chi connectivity index (χ3v) is 3.32. The Morgan fingerprint density at radius 2 is 1.82 bits per heavy atom. The Hall–Kier alpha value is -1.91. The van der Waals surface area contributed by atoms with Crippen molar-refractivity contribution in [2.24, 2.45) is 11.8 Å². The van der Waals surface area contributed by atoms with Crippen LogP contribution in [0.15, 0.2) is 24.5 Å². The molecule has 0 bridgehead atoms. The Bertz CT molecular complexity index is 638. The number of amides is 1. The molecule has 0 aliphatic rings. The summed E-state index contributed by atoms with van der Waals surface area (Å²) in [5.74, 6) is 0.617. The molecule has 0 saturated carbocycles. The van der Waals surface area contributed by atoms with Gasteiger partial charge in [-0.15, -0.1) is 0 Å². The maximum Gasteiger partial charge on any atom is 0.228 e. The molecular weight excluding hydrogens is 281 g/mol. The van der Waals surface area contributed by atoms with Gasteiger partial charge in [0.25, 0.3) is 0 Å². The van der Waals surface area contributed by atoms with Crippen LogP contribution in [0.4, 0.5) is 4.39 Å². The van der Waals surface area contributed by atoms with E-state index in [2.05, 4.69) is 32.7 Å². The average Bonchev–Trinajstić information content (AvgIpc) is 2.78. The van der Waals surface area contributed by atoms with Crippen molar-refractivity contribution in [2.75, 3.05) is 13.1 Å². The molecule has 0 saturated heterocycles. The summed E-state index contributed by atoms with van der Waals surface area (Å²) in [7, 11) is 0. The quantitative estimate of drug-likeness (QED) is 0.822. The number of carbonyl (C=O) groups is 1. The summed E-state index contributed by atoms with van der Waals surface area (Å²) < 4.78 is 14.8. The van der Waals surface area contributed by atoms with Crippen molar-refractivity contribution in [3.8, 4) is 0 Å². The summed E-state index contributed by atoms with van der Waals surface area (Å²) in [6.07, 6.45) is 3.35. The van der Waals surface area contributed by atoms with Crippen LogP contribution >= 0.6 is 0 Å². The molecule has 120 valence electrons. The van der Waals surface area contributed by atoms with Crippen LogP contribution in [0.3, 0.4) is 0 Å². The minimum Gasteiger partial charge on any atom is -0.342 e. The lowest BCUT2D eigenvalue weighted by molar-refractivity contribution is -0.131. The van der Waals surface area contributed by atoms with Crippen molar-refractivity contribution in [3.05, 3.63) is 36.0 Å². The van der Waals surface area contributed by atoms with Crippen molar-refractivity contribution < 1.29 is 9.18 Å². The summed E-state index contributed by atoms with van der Waals surface area (Å²) >= 11 is 0. The summed E-state index contributed by atoms with van der Waals surface area (Å²) in [5.41, 5.74) is 1.33. The topological polar surface area (TPSA) is 37.6 Å². The van der Waals surface area contributed by atoms with E-state index in [0.717, 1.165) is 13.1 Å². The number of hydrogen-bond donors (Lipinski definition) is 0. The van der Waals surface area contributed by atoms with Crippen LogP contribution in [0.1, 0.15) is 33.4 Å². The Labute approximate surface area is 131 Å². The summed E-state index contributed by atoms with van der Waals surface area (Å²) in [6, 6.07) is 2.99. The maximum absolute atomic E-state index is 13.2. The lowest BCUT2D eigenvalue weighted by atomic mass is 10.1. The second kappa shape index (κ2) is 6.90. The van der Waals surface area contributed by atoms with Gasteiger partial charge in [-0.2, -0.15) is 0 Å². The zero-order valence-corrected chi connectivity index (χ0v) is 13.7. The maximum atomic E-state index is 13.2. The van der Waals surface area contributed by atoms with Crippen molar-refractivity contribution in [2.45, 2.75) is 34.1 Å². The predicted octanol–water partition coefficient (Wildman–Crippen LogP) is 3.16. The predicted molar refractivity (Wildman–Crippen MR) is 85.1 cm³/mol. The van der Waals surface area contributed by atoms with E-state index in [4.69, 9.17) is 0 Å². The number of nitrogens with zero attached hydrogens (tertiary/aromatic N) is 3. The number of rotatable bonds is 6. The summed E-state index contributed by atoms with van der Waals surface area (Å²) in [5, 5.41) is 0. The molecule has 2 aromatic heterocycles. The highest BCUT2D eigenvalue weighted by molar-refractivity contribution is 5.78. The van der Waals surface area contributed by atoms with Crippen molar-refractivity contribution in [1.29, 1.82) is 0 Å². The monoisotopic (exact) mass is 305 g/mol. The van der Waals surface area contributed by atoms with E-state index in [0.29, 0.717) is 23.2 Å². The van der Waals surface area contributed by atoms with Gasteiger partial charge in [0, 0.05) is 25.5 Å². The number of pyridine rings is 1. The van der Waals surface area contributed by atoms with Gasteiger partial charge in [-0.05, 0) is 24.0 Å². The highest BCUT2D eigenvalue weighted by atomic mass is 19.1. The zero-order chi connectivity index (χ0) is 16.3. The first-order chi connectivity index (χ1) is 10.3. The van der Waals surface area contributed by atoms with Crippen LogP contribution in [0.25, 0.3) is 5.65 Å². The van der Waals surface area contributed by atoms with Crippen LogP contribution < -0.4 is 0 Å². The van der Waals surface area contributed by atoms with Crippen LogP contribution in [0.5, 0.6) is 0 Å². The Morgan fingerprint density at radius 3 is 2.41 bits per heavy atom. The van der Waals surface area contributed by atoms with Gasteiger partial charge in [-0.25, -0.2) is 9.37 Å². The van der Waals surface area contributed by atoms with Gasteiger partial charge in [-0.1, -0.05) is 27.7 Å². The van der Waals surface area contributed by atoms with E-state index in [1.165, 1.54) is 12.3 Å². The fourth-order valence-corrected chi connectivity index (χ4v) is 2.53. The molecule has 0 radical (unpaired) electrons. The molecule has 0 aromatic carbocycles. The Morgan fingerprint density at radius 1 is 1.18 bits per heavy atom. The SMILES string of the molecule is CC(C)CN(CC(C)C)C(=O)Cc1cn2cc(F)ccc2n1. The molecule has 0 aliphatic carbocycles. The fourth-order valence-electron chi connectivity index (χ4n) is 2.53. The number of aromatic nitrogens is 2. The van der Waals surface area contributed by atoms with Gasteiger partial charge in [0.1, 0.15) is 11.5 Å². The van der Waals surface area contributed by atoms with Crippen LogP contribution in [-0.4, -0.2) is 33.3 Å². The molecule has 0 aliphatic heterocycles. The summed E-state index contributed by atoms with van der Waals surface area (Å²) in [6.45, 7) is 9.92. The van der Waals surface area contributed by atoms with Crippen LogP contribution in [-0.2, 0) is 11.2 Å². The second-order valence-electron chi connectivity index (χ2n) is 6.61. The van der Waals surface area contributed by atoms with E-state index in [1.807, 2.05) is 4.90 Å². The Kier molecular flexibility index (Phi) is 5.16. The third-order valence-electron chi connectivity index (χ3n) is 3.32. The van der Waals surface area contributed by atoms with Gasteiger partial charge in [-0.3, -0.25) is 4.79 Å². The molecule has 5 heteroatoms. The molecule has 4 nitrogen and oxygen atoms in total. The first kappa shape index (κ1) is 16.5. The molecule has 22 heavy (non-hydrogen) atoms. The van der Waals surface area contributed by atoms with Gasteiger partial charge < -0.3 is 9.30 Å². The number of fused-ring (bicyclic) bond motifs is 1. The molecule has 0 spiro atoms. The minimum atomic E-state index is -0.316. The molecule has 2 heterocycles. The molecule has 0 fully saturated rings. The van der Waals surface area contributed by atoms with Gasteiger partial charge in [0.15, 0.2) is 0 Å². The third kappa shape index (κ3) is 4.29. The van der Waals surface area contributed by atoms with Crippen LogP contribution in [0.2, 0.25) is 0 Å². The molecule has 1 amide bonds. The van der Waals surface area contributed by atoms with Gasteiger partial charge >= 0.3 is 0 Å². The normalized spacial score (nSPS) is 11.6. The van der Waals surface area contributed by atoms with E-state index in [1.54, 1.807) is 16.7 Å². The second-order valence-corrected chi connectivity index (χ2v) is 6.61. The molecule has 0 atom stereocenters. The lowest BCUT2D eigenvalue weighted by Gasteiger charge is -2.26.